The number of aliphatic hydroxyl groups is 1. The van der Waals surface area contributed by atoms with Gasteiger partial charge in [0.2, 0.25) is 0 Å². The summed E-state index contributed by atoms with van der Waals surface area (Å²) in [4.78, 5) is 12.2. The zero-order chi connectivity index (χ0) is 12.9. The SMILES string of the molecule is CC(C)(C)OC(=O)NCCC(O)c1cccs1. The van der Waals surface area contributed by atoms with Gasteiger partial charge in [0.05, 0.1) is 6.10 Å². The molecule has 4 nitrogen and oxygen atoms in total. The van der Waals surface area contributed by atoms with Crippen molar-refractivity contribution in [3.63, 3.8) is 0 Å². The Hall–Kier alpha value is -1.07. The Morgan fingerprint density at radius 3 is 2.82 bits per heavy atom. The summed E-state index contributed by atoms with van der Waals surface area (Å²) < 4.78 is 5.08. The number of hydrogen-bond donors (Lipinski definition) is 2. The van der Waals surface area contributed by atoms with Gasteiger partial charge in [-0.2, -0.15) is 0 Å². The fraction of sp³-hybridized carbons (Fsp3) is 0.583. The Morgan fingerprint density at radius 2 is 2.29 bits per heavy atom. The van der Waals surface area contributed by atoms with Crippen LogP contribution in [0.15, 0.2) is 17.5 Å². The highest BCUT2D eigenvalue weighted by Gasteiger charge is 2.16. The van der Waals surface area contributed by atoms with Crippen molar-refractivity contribution in [3.8, 4) is 0 Å². The minimum absolute atomic E-state index is 0.397. The molecule has 0 spiro atoms. The molecule has 0 saturated heterocycles. The number of amides is 1. The van der Waals surface area contributed by atoms with E-state index in [0.717, 1.165) is 4.88 Å². The van der Waals surface area contributed by atoms with Crippen molar-refractivity contribution in [1.29, 1.82) is 0 Å². The highest BCUT2D eigenvalue weighted by molar-refractivity contribution is 7.10. The lowest BCUT2D eigenvalue weighted by Crippen LogP contribution is -2.33. The number of alkyl carbamates (subject to hydrolysis) is 1. The molecule has 1 unspecified atom stereocenters. The van der Waals surface area contributed by atoms with E-state index >= 15 is 0 Å². The lowest BCUT2D eigenvalue weighted by molar-refractivity contribution is 0.0518. The quantitative estimate of drug-likeness (QED) is 0.872. The molecule has 0 aliphatic carbocycles. The van der Waals surface area contributed by atoms with E-state index in [2.05, 4.69) is 5.32 Å². The third-order valence-electron chi connectivity index (χ3n) is 1.96. The number of nitrogens with one attached hydrogen (secondary N) is 1. The number of hydrogen-bond acceptors (Lipinski definition) is 4. The Labute approximate surface area is 106 Å². The maximum Gasteiger partial charge on any atom is 0.407 e. The van der Waals surface area contributed by atoms with Crippen LogP contribution in [0.25, 0.3) is 0 Å². The number of carbonyl (C=O) groups excluding carboxylic acids is 1. The molecule has 0 aliphatic heterocycles. The van der Waals surface area contributed by atoms with Gasteiger partial charge in [0, 0.05) is 11.4 Å². The minimum Gasteiger partial charge on any atom is -0.444 e. The van der Waals surface area contributed by atoms with Crippen LogP contribution in [0.1, 0.15) is 38.2 Å². The first-order valence-corrected chi connectivity index (χ1v) is 6.45. The molecule has 0 bridgehead atoms. The van der Waals surface area contributed by atoms with Crippen molar-refractivity contribution in [1.82, 2.24) is 5.32 Å². The molecule has 0 fully saturated rings. The second-order valence-electron chi connectivity index (χ2n) is 4.75. The number of carbonyl (C=O) groups is 1. The van der Waals surface area contributed by atoms with E-state index in [1.54, 1.807) is 0 Å². The maximum absolute atomic E-state index is 11.3. The molecule has 2 N–H and O–H groups in total. The number of ether oxygens (including phenoxy) is 1. The Morgan fingerprint density at radius 1 is 1.59 bits per heavy atom. The van der Waals surface area contributed by atoms with E-state index in [9.17, 15) is 9.90 Å². The van der Waals surface area contributed by atoms with E-state index < -0.39 is 17.8 Å². The van der Waals surface area contributed by atoms with Crippen molar-refractivity contribution in [3.05, 3.63) is 22.4 Å². The van der Waals surface area contributed by atoms with Crippen LogP contribution in [0.2, 0.25) is 0 Å². The first-order chi connectivity index (χ1) is 7.88. The van der Waals surface area contributed by atoms with Crippen LogP contribution in [-0.2, 0) is 4.74 Å². The summed E-state index contributed by atoms with van der Waals surface area (Å²) >= 11 is 1.51. The highest BCUT2D eigenvalue weighted by Crippen LogP contribution is 2.20. The highest BCUT2D eigenvalue weighted by atomic mass is 32.1. The molecule has 1 rings (SSSR count). The van der Waals surface area contributed by atoms with E-state index in [1.807, 2.05) is 38.3 Å². The van der Waals surface area contributed by atoms with Crippen LogP contribution in [0, 0.1) is 0 Å². The fourth-order valence-corrected chi connectivity index (χ4v) is 1.99. The first kappa shape index (κ1) is 14.0. The third kappa shape index (κ3) is 5.70. The molecule has 0 radical (unpaired) electrons. The van der Waals surface area contributed by atoms with Gasteiger partial charge in [-0.1, -0.05) is 6.07 Å². The van der Waals surface area contributed by atoms with Crippen LogP contribution in [0.3, 0.4) is 0 Å². The molecule has 96 valence electrons. The summed E-state index contributed by atoms with van der Waals surface area (Å²) in [7, 11) is 0. The van der Waals surface area contributed by atoms with Crippen molar-refractivity contribution in [2.24, 2.45) is 0 Å². The Balaban J connectivity index is 2.22. The Bertz CT molecular complexity index is 343. The van der Waals surface area contributed by atoms with E-state index in [0.29, 0.717) is 13.0 Å². The van der Waals surface area contributed by atoms with Gasteiger partial charge < -0.3 is 15.2 Å². The molecule has 1 aromatic rings. The molecule has 1 atom stereocenters. The van der Waals surface area contributed by atoms with Gasteiger partial charge in [-0.25, -0.2) is 4.79 Å². The lowest BCUT2D eigenvalue weighted by Gasteiger charge is -2.20. The molecular formula is C12H19NO3S. The molecule has 0 aromatic carbocycles. The number of rotatable bonds is 4. The van der Waals surface area contributed by atoms with Crippen LogP contribution in [-0.4, -0.2) is 23.3 Å². The van der Waals surface area contributed by atoms with Gasteiger partial charge in [0.15, 0.2) is 0 Å². The van der Waals surface area contributed by atoms with Gasteiger partial charge in [0.1, 0.15) is 5.60 Å². The van der Waals surface area contributed by atoms with Crippen LogP contribution >= 0.6 is 11.3 Å². The molecule has 1 aromatic heterocycles. The van der Waals surface area contributed by atoms with Crippen molar-refractivity contribution in [2.75, 3.05) is 6.54 Å². The summed E-state index contributed by atoms with van der Waals surface area (Å²) in [6.07, 6.45) is -0.486. The summed E-state index contributed by atoms with van der Waals surface area (Å²) in [5, 5.41) is 14.3. The molecule has 0 saturated carbocycles. The predicted molar refractivity (Wildman–Crippen MR) is 68.1 cm³/mol. The van der Waals surface area contributed by atoms with Crippen molar-refractivity contribution < 1.29 is 14.6 Å². The fourth-order valence-electron chi connectivity index (χ4n) is 1.25. The summed E-state index contributed by atoms with van der Waals surface area (Å²) in [6, 6.07) is 3.77. The number of thiophene rings is 1. The molecule has 17 heavy (non-hydrogen) atoms. The average Bonchev–Trinajstić information content (AvgIpc) is 2.66. The molecule has 1 heterocycles. The summed E-state index contributed by atoms with van der Waals surface area (Å²) in [5.41, 5.74) is -0.490. The monoisotopic (exact) mass is 257 g/mol. The molecule has 0 aliphatic rings. The molecule has 1 amide bonds. The number of aliphatic hydroxyl groups excluding tert-OH is 1. The van der Waals surface area contributed by atoms with Crippen LogP contribution in [0.4, 0.5) is 4.79 Å². The summed E-state index contributed by atoms with van der Waals surface area (Å²) in [5.74, 6) is 0. The molecule has 5 heteroatoms. The van der Waals surface area contributed by atoms with E-state index in [1.165, 1.54) is 11.3 Å². The van der Waals surface area contributed by atoms with Crippen molar-refractivity contribution >= 4 is 17.4 Å². The van der Waals surface area contributed by atoms with Gasteiger partial charge in [-0.3, -0.25) is 0 Å². The largest absolute Gasteiger partial charge is 0.444 e. The zero-order valence-electron chi connectivity index (χ0n) is 10.4. The van der Waals surface area contributed by atoms with E-state index in [-0.39, 0.29) is 0 Å². The van der Waals surface area contributed by atoms with Gasteiger partial charge >= 0.3 is 6.09 Å². The smallest absolute Gasteiger partial charge is 0.407 e. The van der Waals surface area contributed by atoms with Gasteiger partial charge in [-0.05, 0) is 38.6 Å². The minimum atomic E-state index is -0.523. The van der Waals surface area contributed by atoms with Gasteiger partial charge in [0.25, 0.3) is 0 Å². The van der Waals surface area contributed by atoms with E-state index in [4.69, 9.17) is 4.74 Å². The standard InChI is InChI=1S/C12H19NO3S/c1-12(2,3)16-11(15)13-7-6-9(14)10-5-4-8-17-10/h4-5,8-9,14H,6-7H2,1-3H3,(H,13,15). The topological polar surface area (TPSA) is 58.6 Å². The molecular weight excluding hydrogens is 238 g/mol. The van der Waals surface area contributed by atoms with Crippen molar-refractivity contribution in [2.45, 2.75) is 38.9 Å². The first-order valence-electron chi connectivity index (χ1n) is 5.57. The average molecular weight is 257 g/mol. The van der Waals surface area contributed by atoms with Crippen LogP contribution in [0.5, 0.6) is 0 Å². The summed E-state index contributed by atoms with van der Waals surface area (Å²) in [6.45, 7) is 5.83. The normalized spacial score (nSPS) is 13.2. The van der Waals surface area contributed by atoms with Crippen LogP contribution < -0.4 is 5.32 Å². The lowest BCUT2D eigenvalue weighted by atomic mass is 10.2. The predicted octanol–water partition coefficient (Wildman–Crippen LogP) is 2.70. The third-order valence-corrected chi connectivity index (χ3v) is 2.93. The Kier molecular flexibility index (Phi) is 4.96. The second kappa shape index (κ2) is 6.02. The van der Waals surface area contributed by atoms with Gasteiger partial charge in [-0.15, -0.1) is 11.3 Å². The maximum atomic E-state index is 11.3. The second-order valence-corrected chi connectivity index (χ2v) is 5.73. The zero-order valence-corrected chi connectivity index (χ0v) is 11.2.